The Bertz CT molecular complexity index is 267. The molecule has 0 aromatic carbocycles. The second-order valence-electron chi connectivity index (χ2n) is 4.35. The average molecular weight is 212 g/mol. The number of rotatable bonds is 2. The minimum Gasteiger partial charge on any atom is -0.468 e. The second-order valence-corrected chi connectivity index (χ2v) is 4.35. The van der Waals surface area contributed by atoms with Crippen molar-refractivity contribution in [1.82, 2.24) is 0 Å². The highest BCUT2D eigenvalue weighted by molar-refractivity contribution is 6.04. The molecule has 2 saturated carbocycles. The van der Waals surface area contributed by atoms with Gasteiger partial charge in [-0.2, -0.15) is 0 Å². The van der Waals surface area contributed by atoms with Gasteiger partial charge in [-0.3, -0.25) is 9.59 Å². The van der Waals surface area contributed by atoms with Crippen molar-refractivity contribution in [3.63, 3.8) is 0 Å². The van der Waals surface area contributed by atoms with Crippen molar-refractivity contribution in [2.24, 2.45) is 17.3 Å². The molecule has 2 atom stereocenters. The lowest BCUT2D eigenvalue weighted by Gasteiger charge is -2.12. The molecule has 15 heavy (non-hydrogen) atoms. The Morgan fingerprint density at radius 2 is 1.40 bits per heavy atom. The number of fused-ring (bicyclic) bond motifs is 1. The van der Waals surface area contributed by atoms with Crippen molar-refractivity contribution in [2.75, 3.05) is 14.2 Å². The monoisotopic (exact) mass is 212 g/mol. The summed E-state index contributed by atoms with van der Waals surface area (Å²) in [6.45, 7) is 0. The highest BCUT2D eigenvalue weighted by Crippen LogP contribution is 2.66. The van der Waals surface area contributed by atoms with E-state index in [9.17, 15) is 9.59 Å². The highest BCUT2D eigenvalue weighted by Gasteiger charge is 2.75. The van der Waals surface area contributed by atoms with Crippen LogP contribution in [0.15, 0.2) is 0 Å². The molecule has 2 aliphatic rings. The minimum atomic E-state index is -0.958. The lowest BCUT2D eigenvalue weighted by Crippen LogP contribution is -2.31. The maximum absolute atomic E-state index is 11.7. The van der Waals surface area contributed by atoms with Gasteiger partial charge >= 0.3 is 11.9 Å². The first-order chi connectivity index (χ1) is 7.19. The number of carbonyl (C=O) groups excluding carboxylic acids is 2. The van der Waals surface area contributed by atoms with Crippen molar-refractivity contribution < 1.29 is 19.1 Å². The smallest absolute Gasteiger partial charge is 0.323 e. The molecule has 2 fully saturated rings. The Morgan fingerprint density at radius 3 is 1.73 bits per heavy atom. The summed E-state index contributed by atoms with van der Waals surface area (Å²) >= 11 is 0. The van der Waals surface area contributed by atoms with Gasteiger partial charge in [-0.25, -0.2) is 0 Å². The molecule has 0 unspecified atom stereocenters. The van der Waals surface area contributed by atoms with Gasteiger partial charge < -0.3 is 9.47 Å². The van der Waals surface area contributed by atoms with E-state index in [-0.39, 0.29) is 11.8 Å². The largest absolute Gasteiger partial charge is 0.468 e. The maximum Gasteiger partial charge on any atom is 0.323 e. The van der Waals surface area contributed by atoms with Crippen molar-refractivity contribution in [1.29, 1.82) is 0 Å². The van der Waals surface area contributed by atoms with Gasteiger partial charge in [0.2, 0.25) is 0 Å². The Balaban J connectivity index is 2.26. The fourth-order valence-electron chi connectivity index (χ4n) is 3.15. The van der Waals surface area contributed by atoms with Crippen molar-refractivity contribution in [2.45, 2.75) is 25.7 Å². The summed E-state index contributed by atoms with van der Waals surface area (Å²) in [5, 5.41) is 0. The van der Waals surface area contributed by atoms with Crippen LogP contribution in [0.1, 0.15) is 25.7 Å². The predicted octanol–water partition coefficient (Wildman–Crippen LogP) is 1.14. The van der Waals surface area contributed by atoms with Crippen LogP contribution in [0.5, 0.6) is 0 Å². The lowest BCUT2D eigenvalue weighted by atomic mass is 10.0. The van der Waals surface area contributed by atoms with E-state index in [1.165, 1.54) is 14.2 Å². The zero-order valence-corrected chi connectivity index (χ0v) is 9.12. The molecule has 84 valence electrons. The van der Waals surface area contributed by atoms with Gasteiger partial charge in [0, 0.05) is 0 Å². The van der Waals surface area contributed by atoms with Gasteiger partial charge in [0.15, 0.2) is 5.41 Å². The average Bonchev–Trinajstić information content (AvgIpc) is 2.97. The second kappa shape index (κ2) is 3.51. The van der Waals surface area contributed by atoms with Crippen LogP contribution in [-0.4, -0.2) is 26.2 Å². The van der Waals surface area contributed by atoms with Crippen LogP contribution in [-0.2, 0) is 19.1 Å². The molecule has 4 heteroatoms. The third-order valence-corrected chi connectivity index (χ3v) is 3.87. The molecule has 0 saturated heterocycles. The molecular formula is C11H16O4. The molecule has 4 nitrogen and oxygen atoms in total. The van der Waals surface area contributed by atoms with Gasteiger partial charge in [-0.05, 0) is 24.7 Å². The molecule has 2 aliphatic carbocycles. The van der Waals surface area contributed by atoms with E-state index in [2.05, 4.69) is 0 Å². The Labute approximate surface area is 88.9 Å². The van der Waals surface area contributed by atoms with E-state index in [0.717, 1.165) is 25.7 Å². The third-order valence-electron chi connectivity index (χ3n) is 3.87. The van der Waals surface area contributed by atoms with E-state index in [1.807, 2.05) is 0 Å². The van der Waals surface area contributed by atoms with E-state index >= 15 is 0 Å². The van der Waals surface area contributed by atoms with E-state index < -0.39 is 17.4 Å². The maximum atomic E-state index is 11.7. The van der Waals surface area contributed by atoms with Crippen LogP contribution in [0, 0.1) is 17.3 Å². The number of esters is 2. The van der Waals surface area contributed by atoms with Crippen molar-refractivity contribution >= 4 is 11.9 Å². The van der Waals surface area contributed by atoms with Gasteiger partial charge in [0.05, 0.1) is 14.2 Å². The molecule has 0 bridgehead atoms. The zero-order valence-electron chi connectivity index (χ0n) is 9.12. The van der Waals surface area contributed by atoms with Crippen LogP contribution < -0.4 is 0 Å². The predicted molar refractivity (Wildman–Crippen MR) is 51.9 cm³/mol. The fraction of sp³-hybridized carbons (Fsp3) is 0.818. The lowest BCUT2D eigenvalue weighted by molar-refractivity contribution is -0.162. The summed E-state index contributed by atoms with van der Waals surface area (Å²) < 4.78 is 9.51. The molecule has 0 aliphatic heterocycles. The van der Waals surface area contributed by atoms with Crippen LogP contribution in [0.3, 0.4) is 0 Å². The SMILES string of the molecule is COC(=O)C1(C(=O)OC)[C@@H]2CCCC[C@H]21. The van der Waals surface area contributed by atoms with Gasteiger partial charge in [0.25, 0.3) is 0 Å². The molecule has 0 amide bonds. The third kappa shape index (κ3) is 1.20. The highest BCUT2D eigenvalue weighted by atomic mass is 16.5. The summed E-state index contributed by atoms with van der Waals surface area (Å²) in [7, 11) is 2.66. The Morgan fingerprint density at radius 1 is 1.00 bits per heavy atom. The van der Waals surface area contributed by atoms with Crippen LogP contribution in [0.2, 0.25) is 0 Å². The first-order valence-electron chi connectivity index (χ1n) is 5.36. The van der Waals surface area contributed by atoms with E-state index in [1.54, 1.807) is 0 Å². The Hall–Kier alpha value is -1.06. The minimum absolute atomic E-state index is 0.158. The summed E-state index contributed by atoms with van der Waals surface area (Å²) in [5.74, 6) is -0.505. The number of carbonyl (C=O) groups is 2. The summed E-state index contributed by atoms with van der Waals surface area (Å²) in [4.78, 5) is 23.5. The summed E-state index contributed by atoms with van der Waals surface area (Å²) in [6.07, 6.45) is 4.07. The molecule has 0 radical (unpaired) electrons. The quantitative estimate of drug-likeness (QED) is 0.508. The van der Waals surface area contributed by atoms with Crippen LogP contribution >= 0.6 is 0 Å². The number of hydrogen-bond acceptors (Lipinski definition) is 4. The molecule has 0 aromatic rings. The van der Waals surface area contributed by atoms with Gasteiger partial charge in [-0.1, -0.05) is 12.8 Å². The molecule has 0 heterocycles. The zero-order chi connectivity index (χ0) is 11.1. The molecule has 0 N–H and O–H groups in total. The van der Waals surface area contributed by atoms with Crippen molar-refractivity contribution in [3.8, 4) is 0 Å². The number of hydrogen-bond donors (Lipinski definition) is 0. The van der Waals surface area contributed by atoms with Crippen molar-refractivity contribution in [3.05, 3.63) is 0 Å². The molecule has 2 rings (SSSR count). The molecule has 0 aromatic heterocycles. The molecule has 0 spiro atoms. The normalized spacial score (nSPS) is 31.3. The fourth-order valence-corrected chi connectivity index (χ4v) is 3.15. The Kier molecular flexibility index (Phi) is 2.44. The number of ether oxygens (including phenoxy) is 2. The summed E-state index contributed by atoms with van der Waals surface area (Å²) in [5.41, 5.74) is -0.958. The van der Waals surface area contributed by atoms with Gasteiger partial charge in [-0.15, -0.1) is 0 Å². The van der Waals surface area contributed by atoms with Gasteiger partial charge in [0.1, 0.15) is 0 Å². The number of methoxy groups -OCH3 is 2. The topological polar surface area (TPSA) is 52.6 Å². The molecular weight excluding hydrogens is 196 g/mol. The standard InChI is InChI=1S/C11H16O4/c1-14-9(12)11(10(13)15-2)7-5-3-4-6-8(7)11/h7-8H,3-6H2,1-2H3/t7-,8-/m1/s1. The van der Waals surface area contributed by atoms with E-state index in [4.69, 9.17) is 9.47 Å². The first kappa shape index (κ1) is 10.5. The first-order valence-corrected chi connectivity index (χ1v) is 5.36. The summed E-state index contributed by atoms with van der Waals surface area (Å²) in [6, 6.07) is 0. The van der Waals surface area contributed by atoms with Crippen LogP contribution in [0.25, 0.3) is 0 Å². The van der Waals surface area contributed by atoms with Crippen LogP contribution in [0.4, 0.5) is 0 Å². The van der Waals surface area contributed by atoms with E-state index in [0.29, 0.717) is 0 Å².